The number of hydrogen-bond acceptors (Lipinski definition) is 5. The molecule has 2 aromatic carbocycles. The highest BCUT2D eigenvalue weighted by Crippen LogP contribution is 2.36. The number of fused-ring (bicyclic) bond motifs is 2. The molecule has 4 rings (SSSR count). The molecule has 0 bridgehead atoms. The van der Waals surface area contributed by atoms with E-state index in [4.69, 9.17) is 9.47 Å². The summed E-state index contributed by atoms with van der Waals surface area (Å²) in [4.78, 5) is 11.3. The zero-order valence-corrected chi connectivity index (χ0v) is 14.5. The van der Waals surface area contributed by atoms with Crippen LogP contribution in [0.25, 0.3) is 10.9 Å². The number of nitrogens with zero attached hydrogens (tertiary/aromatic N) is 3. The lowest BCUT2D eigenvalue weighted by atomic mass is 9.99. The molecule has 0 unspecified atom stereocenters. The van der Waals surface area contributed by atoms with E-state index in [1.165, 1.54) is 11.1 Å². The molecule has 1 aliphatic rings. The van der Waals surface area contributed by atoms with E-state index < -0.39 is 0 Å². The van der Waals surface area contributed by atoms with Crippen LogP contribution in [0.2, 0.25) is 0 Å². The van der Waals surface area contributed by atoms with Crippen molar-refractivity contribution in [2.75, 3.05) is 25.2 Å². The van der Waals surface area contributed by atoms with Gasteiger partial charge in [-0.15, -0.1) is 0 Å². The van der Waals surface area contributed by atoms with Crippen LogP contribution in [0.5, 0.6) is 11.5 Å². The van der Waals surface area contributed by atoms with Gasteiger partial charge in [-0.05, 0) is 30.5 Å². The Kier molecular flexibility index (Phi) is 4.14. The van der Waals surface area contributed by atoms with Crippen LogP contribution in [-0.4, -0.2) is 30.2 Å². The number of methoxy groups -OCH3 is 1. The second-order valence-electron chi connectivity index (χ2n) is 6.09. The van der Waals surface area contributed by atoms with Crippen molar-refractivity contribution in [3.63, 3.8) is 0 Å². The minimum Gasteiger partial charge on any atom is -0.493 e. The highest BCUT2D eigenvalue weighted by molar-refractivity contribution is 5.92. The van der Waals surface area contributed by atoms with Gasteiger partial charge in [0.05, 0.1) is 19.2 Å². The van der Waals surface area contributed by atoms with Gasteiger partial charge in [0.25, 0.3) is 0 Å². The van der Waals surface area contributed by atoms with Gasteiger partial charge in [0, 0.05) is 24.5 Å². The Labute approximate surface area is 147 Å². The Balaban J connectivity index is 1.78. The molecular weight excluding hydrogens is 314 g/mol. The van der Waals surface area contributed by atoms with E-state index in [0.717, 1.165) is 42.0 Å². The van der Waals surface area contributed by atoms with Crippen LogP contribution >= 0.6 is 0 Å². The van der Waals surface area contributed by atoms with Crippen LogP contribution in [0.1, 0.15) is 18.1 Å². The minimum atomic E-state index is 0.585. The van der Waals surface area contributed by atoms with E-state index in [-0.39, 0.29) is 0 Å². The van der Waals surface area contributed by atoms with E-state index in [0.29, 0.717) is 12.4 Å². The molecular formula is C20H21N3O2. The molecule has 0 radical (unpaired) electrons. The van der Waals surface area contributed by atoms with Gasteiger partial charge in [-0.2, -0.15) is 0 Å². The molecule has 0 saturated carbocycles. The van der Waals surface area contributed by atoms with E-state index >= 15 is 0 Å². The maximum atomic E-state index is 5.74. The van der Waals surface area contributed by atoms with Crippen molar-refractivity contribution in [2.24, 2.45) is 0 Å². The maximum Gasteiger partial charge on any atom is 0.162 e. The Morgan fingerprint density at radius 1 is 1.08 bits per heavy atom. The molecule has 0 spiro atoms. The third kappa shape index (κ3) is 2.86. The van der Waals surface area contributed by atoms with Gasteiger partial charge in [0.1, 0.15) is 12.1 Å². The van der Waals surface area contributed by atoms with Crippen molar-refractivity contribution >= 4 is 16.7 Å². The van der Waals surface area contributed by atoms with Crippen LogP contribution < -0.4 is 14.4 Å². The molecule has 1 aliphatic heterocycles. The van der Waals surface area contributed by atoms with E-state index in [1.54, 1.807) is 13.4 Å². The molecule has 5 nitrogen and oxygen atoms in total. The van der Waals surface area contributed by atoms with E-state index in [2.05, 4.69) is 39.1 Å². The third-order valence-electron chi connectivity index (χ3n) is 4.63. The molecule has 2 heterocycles. The molecule has 3 aromatic rings. The molecule has 128 valence electrons. The number of aromatic nitrogens is 2. The Morgan fingerprint density at radius 2 is 1.92 bits per heavy atom. The summed E-state index contributed by atoms with van der Waals surface area (Å²) in [6.07, 6.45) is 2.65. The van der Waals surface area contributed by atoms with Crippen LogP contribution in [0.4, 0.5) is 5.82 Å². The Hall–Kier alpha value is -2.82. The summed E-state index contributed by atoms with van der Waals surface area (Å²) in [5, 5.41) is 0.992. The zero-order valence-electron chi connectivity index (χ0n) is 14.5. The van der Waals surface area contributed by atoms with Gasteiger partial charge in [-0.1, -0.05) is 24.3 Å². The lowest BCUT2D eigenvalue weighted by molar-refractivity contribution is 0.311. The maximum absolute atomic E-state index is 5.74. The van der Waals surface area contributed by atoms with Crippen molar-refractivity contribution in [1.29, 1.82) is 0 Å². The van der Waals surface area contributed by atoms with Crippen molar-refractivity contribution in [3.8, 4) is 11.5 Å². The van der Waals surface area contributed by atoms with Gasteiger partial charge in [-0.3, -0.25) is 0 Å². The summed E-state index contributed by atoms with van der Waals surface area (Å²) in [5.41, 5.74) is 3.65. The summed E-state index contributed by atoms with van der Waals surface area (Å²) in [6, 6.07) is 12.5. The predicted molar refractivity (Wildman–Crippen MR) is 98.5 cm³/mol. The van der Waals surface area contributed by atoms with Crippen molar-refractivity contribution < 1.29 is 9.47 Å². The normalized spacial score (nSPS) is 13.6. The van der Waals surface area contributed by atoms with Gasteiger partial charge in [0.2, 0.25) is 0 Å². The van der Waals surface area contributed by atoms with E-state index in [1.807, 2.05) is 19.1 Å². The average Bonchev–Trinajstić information content (AvgIpc) is 2.67. The SMILES string of the molecule is CCOc1cc2c(N3CCc4ccccc4C3)ncnc2cc1OC. The lowest BCUT2D eigenvalue weighted by Gasteiger charge is -2.30. The van der Waals surface area contributed by atoms with Crippen molar-refractivity contribution in [2.45, 2.75) is 19.9 Å². The predicted octanol–water partition coefficient (Wildman–Crippen LogP) is 3.60. The van der Waals surface area contributed by atoms with Crippen LogP contribution in [0.15, 0.2) is 42.7 Å². The highest BCUT2D eigenvalue weighted by Gasteiger charge is 2.20. The molecule has 0 amide bonds. The first-order chi connectivity index (χ1) is 12.3. The fraction of sp³-hybridized carbons (Fsp3) is 0.300. The molecule has 0 N–H and O–H groups in total. The summed E-state index contributed by atoms with van der Waals surface area (Å²) < 4.78 is 11.2. The number of hydrogen-bond donors (Lipinski definition) is 0. The van der Waals surface area contributed by atoms with Gasteiger partial charge >= 0.3 is 0 Å². The molecule has 0 saturated heterocycles. The fourth-order valence-corrected chi connectivity index (χ4v) is 3.41. The second kappa shape index (κ2) is 6.59. The number of anilines is 1. The van der Waals surface area contributed by atoms with Gasteiger partial charge < -0.3 is 14.4 Å². The first-order valence-electron chi connectivity index (χ1n) is 8.57. The number of benzene rings is 2. The molecule has 0 atom stereocenters. The lowest BCUT2D eigenvalue weighted by Crippen LogP contribution is -2.31. The minimum absolute atomic E-state index is 0.585. The first kappa shape index (κ1) is 15.7. The van der Waals surface area contributed by atoms with Crippen LogP contribution in [0.3, 0.4) is 0 Å². The van der Waals surface area contributed by atoms with Crippen LogP contribution in [-0.2, 0) is 13.0 Å². The van der Waals surface area contributed by atoms with Crippen LogP contribution in [0, 0.1) is 0 Å². The molecule has 0 fully saturated rings. The summed E-state index contributed by atoms with van der Waals surface area (Å²) in [6.45, 7) is 4.35. The van der Waals surface area contributed by atoms with Gasteiger partial charge in [0.15, 0.2) is 11.5 Å². The standard InChI is InChI=1S/C20H21N3O2/c1-3-25-19-10-16-17(11-18(19)24-2)21-13-22-20(16)23-9-8-14-6-4-5-7-15(14)12-23/h4-7,10-11,13H,3,8-9,12H2,1-2H3. The largest absolute Gasteiger partial charge is 0.493 e. The number of rotatable bonds is 4. The summed E-state index contributed by atoms with van der Waals surface area (Å²) in [7, 11) is 1.65. The number of ether oxygens (including phenoxy) is 2. The first-order valence-corrected chi connectivity index (χ1v) is 8.57. The smallest absolute Gasteiger partial charge is 0.162 e. The second-order valence-corrected chi connectivity index (χ2v) is 6.09. The fourth-order valence-electron chi connectivity index (χ4n) is 3.41. The van der Waals surface area contributed by atoms with E-state index in [9.17, 15) is 0 Å². The Bertz CT molecular complexity index is 911. The topological polar surface area (TPSA) is 47.5 Å². The average molecular weight is 335 g/mol. The van der Waals surface area contributed by atoms with Gasteiger partial charge in [-0.25, -0.2) is 9.97 Å². The molecule has 1 aromatic heterocycles. The van der Waals surface area contributed by atoms with Crippen molar-refractivity contribution in [1.82, 2.24) is 9.97 Å². The zero-order chi connectivity index (χ0) is 17.2. The quantitative estimate of drug-likeness (QED) is 0.729. The molecule has 0 aliphatic carbocycles. The Morgan fingerprint density at radius 3 is 2.72 bits per heavy atom. The third-order valence-corrected chi connectivity index (χ3v) is 4.63. The molecule has 25 heavy (non-hydrogen) atoms. The summed E-state index contributed by atoms with van der Waals surface area (Å²) in [5.74, 6) is 2.37. The van der Waals surface area contributed by atoms with Crippen molar-refractivity contribution in [3.05, 3.63) is 53.9 Å². The molecule has 5 heteroatoms. The highest BCUT2D eigenvalue weighted by atomic mass is 16.5. The summed E-state index contributed by atoms with van der Waals surface area (Å²) >= 11 is 0. The monoisotopic (exact) mass is 335 g/mol.